The first kappa shape index (κ1) is 13.6. The highest BCUT2D eigenvalue weighted by molar-refractivity contribution is 6.17. The van der Waals surface area contributed by atoms with Crippen LogP contribution in [0.5, 0.6) is 5.75 Å². The van der Waals surface area contributed by atoms with Crippen LogP contribution >= 0.6 is 11.6 Å². The van der Waals surface area contributed by atoms with Gasteiger partial charge in [0.1, 0.15) is 5.75 Å². The van der Waals surface area contributed by atoms with Crippen molar-refractivity contribution in [3.8, 4) is 11.8 Å². The Bertz CT molecular complexity index is 454. The molecule has 0 N–H and O–H groups in total. The summed E-state index contributed by atoms with van der Waals surface area (Å²) in [6.45, 7) is 1.51. The van der Waals surface area contributed by atoms with Gasteiger partial charge in [-0.05, 0) is 6.92 Å². The summed E-state index contributed by atoms with van der Waals surface area (Å²) in [6.07, 6.45) is -3.82. The minimum Gasteiger partial charge on any atom is -0.405 e. The second-order valence-electron chi connectivity index (χ2n) is 3.19. The molecular weight excluding hydrogens is 257 g/mol. The molecule has 0 saturated heterocycles. The second kappa shape index (κ2) is 5.23. The summed E-state index contributed by atoms with van der Waals surface area (Å²) >= 11 is 5.52. The summed E-state index contributed by atoms with van der Waals surface area (Å²) < 4.78 is 40.6. The number of halogens is 4. The highest BCUT2D eigenvalue weighted by Gasteiger charge is 2.33. The molecule has 0 fully saturated rings. The number of hydrogen-bond acceptors (Lipinski definition) is 3. The lowest BCUT2D eigenvalue weighted by atomic mass is 10.1. The lowest BCUT2D eigenvalue weighted by Crippen LogP contribution is -2.19. The van der Waals surface area contributed by atoms with Gasteiger partial charge in [0.15, 0.2) is 0 Å². The average molecular weight is 265 g/mol. The largest absolute Gasteiger partial charge is 0.573 e. The van der Waals surface area contributed by atoms with Gasteiger partial charge in [0, 0.05) is 23.0 Å². The minimum absolute atomic E-state index is 0.111. The maximum atomic E-state index is 12.2. The molecule has 0 aliphatic rings. The van der Waals surface area contributed by atoms with Crippen LogP contribution in [0.2, 0.25) is 0 Å². The van der Waals surface area contributed by atoms with E-state index in [1.54, 1.807) is 6.07 Å². The summed E-state index contributed by atoms with van der Waals surface area (Å²) in [4.78, 5) is 3.88. The Morgan fingerprint density at radius 2 is 2.18 bits per heavy atom. The van der Waals surface area contributed by atoms with E-state index in [9.17, 15) is 13.2 Å². The number of pyridine rings is 1. The summed E-state index contributed by atoms with van der Waals surface area (Å²) in [6, 6.07) is 1.77. The van der Waals surface area contributed by atoms with E-state index in [0.717, 1.165) is 0 Å². The van der Waals surface area contributed by atoms with Gasteiger partial charge in [0.25, 0.3) is 0 Å². The number of aryl methyl sites for hydroxylation is 1. The van der Waals surface area contributed by atoms with Crippen LogP contribution in [0.4, 0.5) is 13.2 Å². The molecule has 0 saturated carbocycles. The summed E-state index contributed by atoms with van der Waals surface area (Å²) in [5.74, 6) is -0.585. The van der Waals surface area contributed by atoms with Crippen LogP contribution in [0.1, 0.15) is 16.8 Å². The van der Waals surface area contributed by atoms with Gasteiger partial charge in [-0.25, -0.2) is 0 Å². The highest BCUT2D eigenvalue weighted by Crippen LogP contribution is 2.32. The molecule has 3 nitrogen and oxygen atoms in total. The first-order valence-corrected chi connectivity index (χ1v) is 5.08. The van der Waals surface area contributed by atoms with E-state index in [1.165, 1.54) is 13.1 Å². The van der Waals surface area contributed by atoms with Crippen LogP contribution in [-0.4, -0.2) is 11.3 Å². The number of alkyl halides is 4. The monoisotopic (exact) mass is 264 g/mol. The van der Waals surface area contributed by atoms with Gasteiger partial charge in [-0.2, -0.15) is 5.26 Å². The second-order valence-corrected chi connectivity index (χ2v) is 3.46. The number of hydrogen-bond donors (Lipinski definition) is 0. The van der Waals surface area contributed by atoms with Crippen molar-refractivity contribution in [2.24, 2.45) is 0 Å². The van der Waals surface area contributed by atoms with Gasteiger partial charge < -0.3 is 4.74 Å². The molecule has 0 aromatic carbocycles. The summed E-state index contributed by atoms with van der Waals surface area (Å²) in [5, 5.41) is 8.58. The fraction of sp³-hybridized carbons (Fsp3) is 0.400. The van der Waals surface area contributed by atoms with E-state index >= 15 is 0 Å². The molecule has 1 aromatic rings. The normalized spacial score (nSPS) is 11.1. The molecule has 0 aliphatic carbocycles. The van der Waals surface area contributed by atoms with Crippen LogP contribution in [0.15, 0.2) is 6.20 Å². The number of ether oxygens (including phenoxy) is 1. The van der Waals surface area contributed by atoms with Crippen LogP contribution in [0.25, 0.3) is 0 Å². The Labute approximate surface area is 101 Å². The molecule has 7 heteroatoms. The molecule has 0 aliphatic heterocycles. The molecule has 0 spiro atoms. The van der Waals surface area contributed by atoms with E-state index in [2.05, 4.69) is 9.72 Å². The van der Waals surface area contributed by atoms with Crippen molar-refractivity contribution < 1.29 is 17.9 Å². The Morgan fingerprint density at radius 1 is 1.53 bits per heavy atom. The van der Waals surface area contributed by atoms with Gasteiger partial charge >= 0.3 is 6.36 Å². The van der Waals surface area contributed by atoms with Crippen molar-refractivity contribution in [1.29, 1.82) is 5.26 Å². The molecule has 17 heavy (non-hydrogen) atoms. The maximum absolute atomic E-state index is 12.2. The van der Waals surface area contributed by atoms with Crippen molar-refractivity contribution in [3.05, 3.63) is 23.0 Å². The van der Waals surface area contributed by atoms with Gasteiger partial charge in [-0.15, -0.1) is 24.8 Å². The van der Waals surface area contributed by atoms with E-state index in [-0.39, 0.29) is 23.4 Å². The molecule has 1 aromatic heterocycles. The van der Waals surface area contributed by atoms with E-state index < -0.39 is 12.1 Å². The van der Waals surface area contributed by atoms with Crippen molar-refractivity contribution in [1.82, 2.24) is 4.98 Å². The standard InChI is InChI=1S/C10H8ClF3N2O/c1-6-8(2-3-15)9(17-10(12,13)14)7(4-11)5-16-6/h5H,2,4H2,1H3. The van der Waals surface area contributed by atoms with Crippen molar-refractivity contribution in [2.45, 2.75) is 25.6 Å². The SMILES string of the molecule is Cc1ncc(CCl)c(OC(F)(F)F)c1CC#N. The Hall–Kier alpha value is -1.48. The van der Waals surface area contributed by atoms with Crippen LogP contribution in [-0.2, 0) is 12.3 Å². The smallest absolute Gasteiger partial charge is 0.405 e. The molecular formula is C10H8ClF3N2O. The van der Waals surface area contributed by atoms with Gasteiger partial charge in [0.2, 0.25) is 0 Å². The molecule has 92 valence electrons. The molecule has 0 atom stereocenters. The summed E-state index contributed by atoms with van der Waals surface area (Å²) in [5.41, 5.74) is 0.544. The summed E-state index contributed by atoms with van der Waals surface area (Å²) in [7, 11) is 0. The third-order valence-corrected chi connectivity index (χ3v) is 2.32. The zero-order valence-electron chi connectivity index (χ0n) is 8.81. The minimum atomic E-state index is -4.82. The quantitative estimate of drug-likeness (QED) is 0.788. The predicted octanol–water partition coefficient (Wildman–Crippen LogP) is 3.09. The van der Waals surface area contributed by atoms with Gasteiger partial charge in [0.05, 0.1) is 18.4 Å². The van der Waals surface area contributed by atoms with Crippen LogP contribution < -0.4 is 4.74 Å². The Morgan fingerprint density at radius 3 is 2.65 bits per heavy atom. The third kappa shape index (κ3) is 3.49. The highest BCUT2D eigenvalue weighted by atomic mass is 35.5. The van der Waals surface area contributed by atoms with Gasteiger partial charge in [-0.3, -0.25) is 4.98 Å². The van der Waals surface area contributed by atoms with E-state index in [4.69, 9.17) is 16.9 Å². The molecule has 0 radical (unpaired) electrons. The Balaban J connectivity index is 3.30. The first-order chi connectivity index (χ1) is 7.89. The number of rotatable bonds is 3. The topological polar surface area (TPSA) is 45.9 Å². The van der Waals surface area contributed by atoms with E-state index in [0.29, 0.717) is 5.69 Å². The van der Waals surface area contributed by atoms with Crippen molar-refractivity contribution in [3.63, 3.8) is 0 Å². The maximum Gasteiger partial charge on any atom is 0.573 e. The van der Waals surface area contributed by atoms with Crippen LogP contribution in [0.3, 0.4) is 0 Å². The van der Waals surface area contributed by atoms with Crippen molar-refractivity contribution >= 4 is 11.6 Å². The lowest BCUT2D eigenvalue weighted by molar-refractivity contribution is -0.275. The van der Waals surface area contributed by atoms with Crippen LogP contribution in [0, 0.1) is 18.3 Å². The number of aromatic nitrogens is 1. The molecule has 1 rings (SSSR count). The first-order valence-electron chi connectivity index (χ1n) is 4.55. The molecule has 0 unspecified atom stereocenters. The third-order valence-electron chi connectivity index (χ3n) is 2.03. The Kier molecular flexibility index (Phi) is 4.18. The van der Waals surface area contributed by atoms with Gasteiger partial charge in [-0.1, -0.05) is 0 Å². The lowest BCUT2D eigenvalue weighted by Gasteiger charge is -2.16. The molecule has 0 amide bonds. The van der Waals surface area contributed by atoms with E-state index in [1.807, 2.05) is 0 Å². The fourth-order valence-electron chi connectivity index (χ4n) is 1.29. The molecule has 1 heterocycles. The van der Waals surface area contributed by atoms with Crippen molar-refractivity contribution in [2.75, 3.05) is 0 Å². The fourth-order valence-corrected chi connectivity index (χ4v) is 1.49. The zero-order chi connectivity index (χ0) is 13.1. The predicted molar refractivity (Wildman–Crippen MR) is 54.5 cm³/mol. The average Bonchev–Trinajstić information content (AvgIpc) is 2.22. The molecule has 0 bridgehead atoms. The number of nitrogens with zero attached hydrogens (tertiary/aromatic N) is 2. The number of nitriles is 1. The zero-order valence-corrected chi connectivity index (χ0v) is 9.56.